The molecular formula is C31H25BrFN5O4S. The molecule has 43 heavy (non-hydrogen) atoms. The van der Waals surface area contributed by atoms with E-state index in [1.807, 2.05) is 34.9 Å². The molecule has 12 heteroatoms. The highest BCUT2D eigenvalue weighted by Gasteiger charge is 2.17. The van der Waals surface area contributed by atoms with E-state index < -0.39 is 5.97 Å². The van der Waals surface area contributed by atoms with Crippen molar-refractivity contribution in [1.29, 1.82) is 0 Å². The number of halogens is 2. The average molecular weight is 663 g/mol. The Morgan fingerprint density at radius 1 is 0.977 bits per heavy atom. The summed E-state index contributed by atoms with van der Waals surface area (Å²) in [5.41, 5.74) is 6.03. The van der Waals surface area contributed by atoms with Crippen LogP contribution >= 0.6 is 27.7 Å². The maximum Gasteiger partial charge on any atom is 0.337 e. The van der Waals surface area contributed by atoms with Crippen LogP contribution in [-0.2, 0) is 29.0 Å². The molecule has 0 saturated carbocycles. The van der Waals surface area contributed by atoms with Crippen LogP contribution in [0.1, 0.15) is 27.3 Å². The fourth-order valence-electron chi connectivity index (χ4n) is 4.82. The number of aromatic nitrogens is 5. The van der Waals surface area contributed by atoms with Gasteiger partial charge in [0.2, 0.25) is 5.88 Å². The van der Waals surface area contributed by atoms with Crippen LogP contribution < -0.4 is 4.74 Å². The number of ether oxygens (including phenoxy) is 3. The zero-order valence-electron chi connectivity index (χ0n) is 23.2. The lowest BCUT2D eigenvalue weighted by molar-refractivity contribution is 0.0601. The van der Waals surface area contributed by atoms with E-state index in [9.17, 15) is 4.79 Å². The molecule has 0 N–H and O–H groups in total. The minimum Gasteiger partial charge on any atom is -0.473 e. The molecule has 0 unspecified atom stereocenters. The first-order valence-electron chi connectivity index (χ1n) is 13.3. The van der Waals surface area contributed by atoms with Gasteiger partial charge in [-0.15, -0.1) is 0 Å². The maximum absolute atomic E-state index is 15.5. The summed E-state index contributed by atoms with van der Waals surface area (Å²) in [7, 11) is 2.95. The van der Waals surface area contributed by atoms with Crippen molar-refractivity contribution in [2.45, 2.75) is 19.6 Å². The molecule has 0 bridgehead atoms. The summed E-state index contributed by atoms with van der Waals surface area (Å²) in [6.45, 7) is 1.19. The molecule has 0 saturated heterocycles. The Morgan fingerprint density at radius 2 is 1.81 bits per heavy atom. The van der Waals surface area contributed by atoms with Crippen LogP contribution in [-0.4, -0.2) is 50.1 Å². The molecule has 3 heterocycles. The molecule has 0 radical (unpaired) electrons. The molecule has 218 valence electrons. The van der Waals surface area contributed by atoms with Gasteiger partial charge in [0.1, 0.15) is 29.3 Å². The fourth-order valence-corrected chi connectivity index (χ4v) is 5.94. The van der Waals surface area contributed by atoms with Crippen LogP contribution in [0.25, 0.3) is 33.3 Å². The lowest BCUT2D eigenvalue weighted by atomic mass is 10.1. The first kappa shape index (κ1) is 28.8. The van der Waals surface area contributed by atoms with Gasteiger partial charge in [0.15, 0.2) is 0 Å². The Bertz CT molecular complexity index is 1960. The van der Waals surface area contributed by atoms with E-state index in [0.717, 1.165) is 38.3 Å². The zero-order valence-corrected chi connectivity index (χ0v) is 25.6. The molecule has 0 amide bonds. The van der Waals surface area contributed by atoms with Crippen LogP contribution in [0.4, 0.5) is 4.39 Å². The van der Waals surface area contributed by atoms with E-state index in [-0.39, 0.29) is 18.8 Å². The molecule has 0 aliphatic heterocycles. The van der Waals surface area contributed by atoms with Crippen molar-refractivity contribution in [2.75, 3.05) is 20.8 Å². The van der Waals surface area contributed by atoms with E-state index in [1.165, 1.54) is 13.2 Å². The van der Waals surface area contributed by atoms with Crippen molar-refractivity contribution >= 4 is 55.7 Å². The second-order valence-electron chi connectivity index (χ2n) is 9.67. The fraction of sp³-hybridized carbons (Fsp3) is 0.194. The van der Waals surface area contributed by atoms with Gasteiger partial charge in [-0.2, -0.15) is 8.75 Å². The number of esters is 1. The molecule has 6 rings (SSSR count). The zero-order chi connectivity index (χ0) is 29.9. The maximum atomic E-state index is 15.5. The van der Waals surface area contributed by atoms with Gasteiger partial charge < -0.3 is 18.8 Å². The standard InChI is InChI=1S/C31H25BrFN5O4S/c1-40-13-12-38-26-15-20(31(39)41-2)9-11-25(26)34-27(38)16-18-6-7-19(14-23(18)33)24-4-3-5-28(35-24)42-17-21-8-10-22(32)30-29(21)36-43-37-30/h3-11,14-15H,12-13,16-17H2,1-2H3. The number of nitrogens with zero attached hydrogens (tertiary/aromatic N) is 5. The van der Waals surface area contributed by atoms with Crippen LogP contribution in [0.2, 0.25) is 0 Å². The molecule has 3 aromatic heterocycles. The summed E-state index contributed by atoms with van der Waals surface area (Å²) < 4.78 is 43.2. The van der Waals surface area contributed by atoms with Gasteiger partial charge in [0.25, 0.3) is 0 Å². The molecule has 9 nitrogen and oxygen atoms in total. The summed E-state index contributed by atoms with van der Waals surface area (Å²) in [6, 6.07) is 19.5. The van der Waals surface area contributed by atoms with Crippen molar-refractivity contribution in [1.82, 2.24) is 23.3 Å². The number of fused-ring (bicyclic) bond motifs is 2. The Balaban J connectivity index is 1.23. The normalized spacial score (nSPS) is 11.3. The monoisotopic (exact) mass is 661 g/mol. The van der Waals surface area contributed by atoms with Crippen molar-refractivity contribution < 1.29 is 23.4 Å². The number of rotatable bonds is 10. The number of methoxy groups -OCH3 is 2. The Hall–Kier alpha value is -4.26. The highest BCUT2D eigenvalue weighted by atomic mass is 79.9. The largest absolute Gasteiger partial charge is 0.473 e. The first-order valence-corrected chi connectivity index (χ1v) is 14.8. The van der Waals surface area contributed by atoms with E-state index >= 15 is 4.39 Å². The van der Waals surface area contributed by atoms with Crippen LogP contribution in [0, 0.1) is 5.82 Å². The van der Waals surface area contributed by atoms with Gasteiger partial charge in [-0.1, -0.05) is 24.3 Å². The second kappa shape index (κ2) is 12.5. The number of benzene rings is 3. The Labute approximate surface area is 258 Å². The summed E-state index contributed by atoms with van der Waals surface area (Å²) >= 11 is 4.65. The van der Waals surface area contributed by atoms with Gasteiger partial charge in [0, 0.05) is 41.7 Å². The lowest BCUT2D eigenvalue weighted by Crippen LogP contribution is -2.10. The third-order valence-corrected chi connectivity index (χ3v) is 8.18. The summed E-state index contributed by atoms with van der Waals surface area (Å²) in [5, 5.41) is 0. The van der Waals surface area contributed by atoms with E-state index in [2.05, 4.69) is 29.7 Å². The van der Waals surface area contributed by atoms with E-state index in [4.69, 9.17) is 19.2 Å². The summed E-state index contributed by atoms with van der Waals surface area (Å²) in [5.74, 6) is 0.264. The van der Waals surface area contributed by atoms with Gasteiger partial charge in [-0.25, -0.2) is 19.2 Å². The minimum absolute atomic E-state index is 0.252. The average Bonchev–Trinajstić information content (AvgIpc) is 3.66. The van der Waals surface area contributed by atoms with Crippen molar-refractivity contribution in [3.63, 3.8) is 0 Å². The van der Waals surface area contributed by atoms with E-state index in [1.54, 1.807) is 37.4 Å². The number of pyridine rings is 1. The number of carbonyl (C=O) groups excluding carboxylic acids is 1. The summed E-state index contributed by atoms with van der Waals surface area (Å²) in [6.07, 6.45) is 0.252. The topological polar surface area (TPSA) is 101 Å². The molecule has 0 aliphatic carbocycles. The molecule has 0 aliphatic rings. The highest BCUT2D eigenvalue weighted by molar-refractivity contribution is 9.10. The third kappa shape index (κ3) is 5.99. The molecule has 3 aromatic carbocycles. The molecule has 0 atom stereocenters. The molecule has 0 spiro atoms. The number of carbonyl (C=O) groups is 1. The van der Waals surface area contributed by atoms with Crippen molar-refractivity contribution in [3.05, 3.63) is 99.5 Å². The van der Waals surface area contributed by atoms with Gasteiger partial charge >= 0.3 is 5.97 Å². The quantitative estimate of drug-likeness (QED) is 0.151. The summed E-state index contributed by atoms with van der Waals surface area (Å²) in [4.78, 5) is 21.4. The molecule has 0 fully saturated rings. The van der Waals surface area contributed by atoms with Crippen molar-refractivity contribution in [3.8, 4) is 17.1 Å². The van der Waals surface area contributed by atoms with E-state index in [0.29, 0.717) is 52.8 Å². The molecule has 6 aromatic rings. The predicted molar refractivity (Wildman–Crippen MR) is 165 cm³/mol. The van der Waals surface area contributed by atoms with Crippen LogP contribution in [0.15, 0.2) is 71.2 Å². The first-order chi connectivity index (χ1) is 20.9. The number of hydrogen-bond acceptors (Lipinski definition) is 9. The number of hydrogen-bond donors (Lipinski definition) is 0. The van der Waals surface area contributed by atoms with Gasteiger partial charge in [-0.3, -0.25) is 0 Å². The molecular weight excluding hydrogens is 637 g/mol. The van der Waals surface area contributed by atoms with Gasteiger partial charge in [0.05, 0.1) is 47.7 Å². The van der Waals surface area contributed by atoms with Crippen LogP contribution in [0.3, 0.4) is 0 Å². The number of imidazole rings is 1. The Morgan fingerprint density at radius 3 is 2.63 bits per heavy atom. The minimum atomic E-state index is -0.435. The van der Waals surface area contributed by atoms with Gasteiger partial charge in [-0.05, 0) is 57.9 Å². The van der Waals surface area contributed by atoms with Crippen LogP contribution in [0.5, 0.6) is 5.88 Å². The van der Waals surface area contributed by atoms with Crippen molar-refractivity contribution in [2.24, 2.45) is 0 Å². The Kier molecular flexibility index (Phi) is 8.41. The lowest BCUT2D eigenvalue weighted by Gasteiger charge is -2.11. The SMILES string of the molecule is COCCn1c(Cc2ccc(-c3cccc(OCc4ccc(Br)c5nsnc45)n3)cc2F)nc2ccc(C(=O)OC)cc21. The third-order valence-electron chi connectivity index (χ3n) is 7.01. The predicted octanol–water partition coefficient (Wildman–Crippen LogP) is 6.61. The smallest absolute Gasteiger partial charge is 0.337 e. The highest BCUT2D eigenvalue weighted by Crippen LogP contribution is 2.28. The second-order valence-corrected chi connectivity index (χ2v) is 11.1.